The first-order chi connectivity index (χ1) is 13.3. The molecule has 0 spiro atoms. The maximum atomic E-state index is 12.2. The first kappa shape index (κ1) is 20.0. The fourth-order valence-corrected chi connectivity index (χ4v) is 3.81. The quantitative estimate of drug-likeness (QED) is 0.732. The minimum atomic E-state index is -3.55. The molecular weight excluding hydrogens is 378 g/mol. The molecule has 0 unspecified atom stereocenters. The molecule has 3 rings (SSSR count). The Morgan fingerprint density at radius 1 is 1.00 bits per heavy atom. The Labute approximate surface area is 164 Å². The van der Waals surface area contributed by atoms with Gasteiger partial charge in [0.1, 0.15) is 0 Å². The summed E-state index contributed by atoms with van der Waals surface area (Å²) in [4.78, 5) is 25.7. The van der Waals surface area contributed by atoms with Crippen LogP contribution in [0, 0.1) is 0 Å². The number of carbonyl (C=O) groups is 2. The van der Waals surface area contributed by atoms with E-state index in [0.29, 0.717) is 18.5 Å². The van der Waals surface area contributed by atoms with Crippen LogP contribution in [0.15, 0.2) is 48.5 Å². The molecule has 2 aromatic rings. The predicted molar refractivity (Wildman–Crippen MR) is 107 cm³/mol. The van der Waals surface area contributed by atoms with E-state index in [4.69, 9.17) is 5.14 Å². The molecule has 1 fully saturated rings. The van der Waals surface area contributed by atoms with Crippen molar-refractivity contribution in [1.82, 2.24) is 5.32 Å². The van der Waals surface area contributed by atoms with E-state index in [1.165, 1.54) is 0 Å². The monoisotopic (exact) mass is 401 g/mol. The molecule has 0 atom stereocenters. The maximum absolute atomic E-state index is 12.2. The van der Waals surface area contributed by atoms with Gasteiger partial charge in [-0.2, -0.15) is 0 Å². The van der Waals surface area contributed by atoms with Crippen LogP contribution in [0.4, 0.5) is 5.69 Å². The molecule has 2 amide bonds. The second kappa shape index (κ2) is 8.53. The largest absolute Gasteiger partial charge is 0.352 e. The summed E-state index contributed by atoms with van der Waals surface area (Å²) in [6.45, 7) is 1.10. The number of benzene rings is 2. The zero-order chi connectivity index (χ0) is 20.1. The molecule has 1 aliphatic heterocycles. The highest BCUT2D eigenvalue weighted by molar-refractivity contribution is 7.88. The number of hydrogen-bond donors (Lipinski definition) is 2. The Morgan fingerprint density at radius 3 is 2.18 bits per heavy atom. The number of rotatable bonds is 7. The van der Waals surface area contributed by atoms with Crippen molar-refractivity contribution in [3.05, 3.63) is 65.2 Å². The maximum Gasteiger partial charge on any atom is 0.227 e. The summed E-state index contributed by atoms with van der Waals surface area (Å²) in [5.74, 6) is -0.183. The van der Waals surface area contributed by atoms with Crippen LogP contribution in [0.3, 0.4) is 0 Å². The van der Waals surface area contributed by atoms with Gasteiger partial charge < -0.3 is 10.2 Å². The van der Waals surface area contributed by atoms with Gasteiger partial charge in [0.05, 0.1) is 12.2 Å². The second-order valence-electron chi connectivity index (χ2n) is 6.89. The van der Waals surface area contributed by atoms with Crippen LogP contribution in [0.5, 0.6) is 0 Å². The minimum absolute atomic E-state index is 0.112. The van der Waals surface area contributed by atoms with Crippen LogP contribution in [-0.4, -0.2) is 26.8 Å². The average Bonchev–Trinajstić information content (AvgIpc) is 3.06. The number of carbonyl (C=O) groups excluding carboxylic acids is 2. The Kier molecular flexibility index (Phi) is 6.11. The van der Waals surface area contributed by atoms with Crippen molar-refractivity contribution in [1.29, 1.82) is 0 Å². The van der Waals surface area contributed by atoms with E-state index in [9.17, 15) is 18.0 Å². The Hall–Kier alpha value is -2.71. The van der Waals surface area contributed by atoms with Crippen molar-refractivity contribution in [2.75, 3.05) is 11.4 Å². The molecule has 1 heterocycles. The van der Waals surface area contributed by atoms with Gasteiger partial charge in [-0.15, -0.1) is 0 Å². The van der Waals surface area contributed by atoms with E-state index in [0.717, 1.165) is 29.8 Å². The molecule has 0 aromatic heterocycles. The molecule has 1 aliphatic rings. The zero-order valence-corrected chi connectivity index (χ0v) is 16.2. The molecule has 7 nitrogen and oxygen atoms in total. The van der Waals surface area contributed by atoms with Crippen LogP contribution in [0.2, 0.25) is 0 Å². The van der Waals surface area contributed by atoms with Crippen molar-refractivity contribution < 1.29 is 18.0 Å². The van der Waals surface area contributed by atoms with Crippen molar-refractivity contribution in [2.24, 2.45) is 5.14 Å². The van der Waals surface area contributed by atoms with Crippen molar-refractivity contribution in [2.45, 2.75) is 31.6 Å². The summed E-state index contributed by atoms with van der Waals surface area (Å²) in [5, 5.41) is 7.87. The van der Waals surface area contributed by atoms with Gasteiger partial charge in [0, 0.05) is 25.2 Å². The minimum Gasteiger partial charge on any atom is -0.352 e. The standard InChI is InChI=1S/C20H23N3O4S/c21-28(26,27)14-17-5-3-16(4-6-17)13-22-19(24)12-15-7-9-18(10-8-15)23-11-1-2-20(23)25/h3-10H,1-2,11-14H2,(H,22,24)(H2,21,26,27). The lowest BCUT2D eigenvalue weighted by molar-refractivity contribution is -0.120. The van der Waals surface area contributed by atoms with Gasteiger partial charge in [0.2, 0.25) is 21.8 Å². The third-order valence-corrected chi connectivity index (χ3v) is 5.30. The molecule has 148 valence electrons. The van der Waals surface area contributed by atoms with E-state index < -0.39 is 10.0 Å². The zero-order valence-electron chi connectivity index (χ0n) is 15.4. The van der Waals surface area contributed by atoms with Crippen LogP contribution < -0.4 is 15.4 Å². The van der Waals surface area contributed by atoms with Gasteiger partial charge in [-0.1, -0.05) is 36.4 Å². The third-order valence-electron chi connectivity index (χ3n) is 4.57. The molecule has 8 heteroatoms. The van der Waals surface area contributed by atoms with Crippen molar-refractivity contribution in [3.63, 3.8) is 0 Å². The summed E-state index contributed by atoms with van der Waals surface area (Å²) in [7, 11) is -3.55. The van der Waals surface area contributed by atoms with E-state index in [1.807, 2.05) is 24.3 Å². The van der Waals surface area contributed by atoms with Gasteiger partial charge in [0.25, 0.3) is 0 Å². The number of sulfonamides is 1. The molecule has 28 heavy (non-hydrogen) atoms. The molecule has 0 saturated carbocycles. The fourth-order valence-electron chi connectivity index (χ4n) is 3.15. The van der Waals surface area contributed by atoms with Crippen LogP contribution in [-0.2, 0) is 38.3 Å². The SMILES string of the molecule is NS(=O)(=O)Cc1ccc(CNC(=O)Cc2ccc(N3CCCC3=O)cc2)cc1. The normalized spacial score (nSPS) is 14.3. The van der Waals surface area contributed by atoms with Crippen LogP contribution in [0.1, 0.15) is 29.5 Å². The number of primary sulfonamides is 1. The van der Waals surface area contributed by atoms with Crippen molar-refractivity contribution >= 4 is 27.5 Å². The summed E-state index contributed by atoms with van der Waals surface area (Å²) < 4.78 is 22.2. The molecule has 3 N–H and O–H groups in total. The summed E-state index contributed by atoms with van der Waals surface area (Å²) in [5.41, 5.74) is 3.21. The van der Waals surface area contributed by atoms with Crippen LogP contribution in [0.25, 0.3) is 0 Å². The molecule has 1 saturated heterocycles. The van der Waals surface area contributed by atoms with Gasteiger partial charge in [-0.05, 0) is 35.2 Å². The highest BCUT2D eigenvalue weighted by Gasteiger charge is 2.21. The average molecular weight is 401 g/mol. The second-order valence-corrected chi connectivity index (χ2v) is 8.51. The Bertz CT molecular complexity index is 954. The number of nitrogens with one attached hydrogen (secondary N) is 1. The van der Waals surface area contributed by atoms with Crippen LogP contribution >= 0.6 is 0 Å². The molecule has 0 radical (unpaired) electrons. The van der Waals surface area contributed by atoms with E-state index in [1.54, 1.807) is 29.2 Å². The number of nitrogens with two attached hydrogens (primary N) is 1. The highest BCUT2D eigenvalue weighted by Crippen LogP contribution is 2.21. The highest BCUT2D eigenvalue weighted by atomic mass is 32.2. The molecule has 0 bridgehead atoms. The number of hydrogen-bond acceptors (Lipinski definition) is 4. The summed E-state index contributed by atoms with van der Waals surface area (Å²) in [6, 6.07) is 14.4. The Balaban J connectivity index is 1.49. The van der Waals surface area contributed by atoms with E-state index >= 15 is 0 Å². The van der Waals surface area contributed by atoms with Gasteiger partial charge in [-0.25, -0.2) is 13.6 Å². The summed E-state index contributed by atoms with van der Waals surface area (Å²) in [6.07, 6.45) is 1.72. The predicted octanol–water partition coefficient (Wildman–Crippen LogP) is 1.46. The number of nitrogens with zero attached hydrogens (tertiary/aromatic N) is 1. The number of amides is 2. The molecular formula is C20H23N3O4S. The smallest absolute Gasteiger partial charge is 0.227 e. The van der Waals surface area contributed by atoms with Gasteiger partial charge in [-0.3, -0.25) is 9.59 Å². The lowest BCUT2D eigenvalue weighted by atomic mass is 10.1. The van der Waals surface area contributed by atoms with E-state index in [2.05, 4.69) is 5.32 Å². The lowest BCUT2D eigenvalue weighted by Gasteiger charge is -2.15. The lowest BCUT2D eigenvalue weighted by Crippen LogP contribution is -2.25. The van der Waals surface area contributed by atoms with E-state index in [-0.39, 0.29) is 24.0 Å². The first-order valence-electron chi connectivity index (χ1n) is 9.04. The van der Waals surface area contributed by atoms with Gasteiger partial charge >= 0.3 is 0 Å². The number of anilines is 1. The Morgan fingerprint density at radius 2 is 1.61 bits per heavy atom. The topological polar surface area (TPSA) is 110 Å². The summed E-state index contributed by atoms with van der Waals surface area (Å²) >= 11 is 0. The van der Waals surface area contributed by atoms with Gasteiger partial charge in [0.15, 0.2) is 0 Å². The molecule has 0 aliphatic carbocycles. The first-order valence-corrected chi connectivity index (χ1v) is 10.8. The third kappa shape index (κ3) is 5.64. The van der Waals surface area contributed by atoms with Crippen molar-refractivity contribution in [3.8, 4) is 0 Å². The fraction of sp³-hybridized carbons (Fsp3) is 0.300. The molecule has 2 aromatic carbocycles.